The van der Waals surface area contributed by atoms with E-state index in [1.807, 2.05) is 18.2 Å². The molecule has 0 radical (unpaired) electrons. The molecule has 3 rings (SSSR count). The van der Waals surface area contributed by atoms with Gasteiger partial charge >= 0.3 is 5.97 Å². The zero-order valence-electron chi connectivity index (χ0n) is 12.0. The van der Waals surface area contributed by atoms with Crippen molar-refractivity contribution in [3.8, 4) is 0 Å². The highest BCUT2D eigenvalue weighted by Gasteiger charge is 2.19. The fraction of sp³-hybridized carbons (Fsp3) is 0.438. The molecule has 0 spiro atoms. The molecular formula is C16H19NO4. The molecule has 1 aliphatic rings. The predicted octanol–water partition coefficient (Wildman–Crippen LogP) is 2.74. The molecule has 21 heavy (non-hydrogen) atoms. The monoisotopic (exact) mass is 289 g/mol. The van der Waals surface area contributed by atoms with Crippen LogP contribution in [0, 0.1) is 0 Å². The maximum atomic E-state index is 10.9. The van der Waals surface area contributed by atoms with Crippen molar-refractivity contribution >= 4 is 16.9 Å². The van der Waals surface area contributed by atoms with Crippen LogP contribution in [-0.2, 0) is 11.3 Å². The standard InChI is InChI=1S/C16H19NO4/c1-20-13-4-6-17(7-5-13)10-11-2-3-14-12(8-11)9-15(21-14)16(18)19/h2-3,8-9,13H,4-7,10H2,1H3,(H,18,19). The fourth-order valence-corrected chi connectivity index (χ4v) is 2.86. The van der Waals surface area contributed by atoms with E-state index in [9.17, 15) is 4.79 Å². The summed E-state index contributed by atoms with van der Waals surface area (Å²) in [6.45, 7) is 2.94. The van der Waals surface area contributed by atoms with Crippen molar-refractivity contribution in [2.45, 2.75) is 25.5 Å². The first-order valence-corrected chi connectivity index (χ1v) is 7.16. The lowest BCUT2D eigenvalue weighted by Crippen LogP contribution is -2.36. The van der Waals surface area contributed by atoms with Crippen LogP contribution >= 0.6 is 0 Å². The predicted molar refractivity (Wildman–Crippen MR) is 78.5 cm³/mol. The molecule has 0 bridgehead atoms. The Balaban J connectivity index is 1.71. The summed E-state index contributed by atoms with van der Waals surface area (Å²) in [4.78, 5) is 13.3. The van der Waals surface area contributed by atoms with Crippen LogP contribution in [0.2, 0.25) is 0 Å². The Morgan fingerprint density at radius 3 is 2.81 bits per heavy atom. The largest absolute Gasteiger partial charge is 0.475 e. The van der Waals surface area contributed by atoms with Crippen LogP contribution < -0.4 is 0 Å². The summed E-state index contributed by atoms with van der Waals surface area (Å²) in [5.41, 5.74) is 1.80. The van der Waals surface area contributed by atoms with Gasteiger partial charge in [0, 0.05) is 32.1 Å². The number of ether oxygens (including phenoxy) is 1. The Kier molecular flexibility index (Phi) is 3.94. The van der Waals surface area contributed by atoms with Crippen LogP contribution in [0.25, 0.3) is 11.0 Å². The molecule has 5 nitrogen and oxygen atoms in total. The number of likely N-dealkylation sites (tertiary alicyclic amines) is 1. The van der Waals surface area contributed by atoms with Crippen molar-refractivity contribution in [3.63, 3.8) is 0 Å². The Labute approximate surface area is 123 Å². The molecular weight excluding hydrogens is 270 g/mol. The lowest BCUT2D eigenvalue weighted by atomic mass is 10.1. The van der Waals surface area contributed by atoms with Crippen molar-refractivity contribution in [2.75, 3.05) is 20.2 Å². The molecule has 1 N–H and O–H groups in total. The van der Waals surface area contributed by atoms with Gasteiger partial charge in [-0.2, -0.15) is 0 Å². The SMILES string of the molecule is COC1CCN(Cc2ccc3oc(C(=O)O)cc3c2)CC1. The zero-order chi connectivity index (χ0) is 14.8. The molecule has 0 saturated carbocycles. The molecule has 1 aromatic heterocycles. The van der Waals surface area contributed by atoms with Gasteiger partial charge in [-0.1, -0.05) is 6.07 Å². The maximum absolute atomic E-state index is 10.9. The lowest BCUT2D eigenvalue weighted by molar-refractivity contribution is 0.0389. The Morgan fingerprint density at radius 1 is 1.38 bits per heavy atom. The number of carbonyl (C=O) groups is 1. The van der Waals surface area contributed by atoms with Gasteiger partial charge in [0.05, 0.1) is 6.10 Å². The molecule has 0 amide bonds. The van der Waals surface area contributed by atoms with E-state index >= 15 is 0 Å². The third-order valence-electron chi connectivity index (χ3n) is 4.07. The summed E-state index contributed by atoms with van der Waals surface area (Å²) < 4.78 is 10.7. The average Bonchev–Trinajstić information content (AvgIpc) is 2.91. The molecule has 2 aromatic rings. The number of carboxylic acids is 1. The van der Waals surface area contributed by atoms with Crippen LogP contribution in [-0.4, -0.2) is 42.3 Å². The van der Waals surface area contributed by atoms with Crippen molar-refractivity contribution in [1.82, 2.24) is 4.90 Å². The smallest absolute Gasteiger partial charge is 0.371 e. The van der Waals surface area contributed by atoms with Gasteiger partial charge in [-0.15, -0.1) is 0 Å². The second-order valence-electron chi connectivity index (χ2n) is 5.50. The topological polar surface area (TPSA) is 62.9 Å². The molecule has 112 valence electrons. The minimum atomic E-state index is -1.03. The first kappa shape index (κ1) is 14.1. The van der Waals surface area contributed by atoms with Gasteiger partial charge < -0.3 is 14.3 Å². The van der Waals surface area contributed by atoms with Crippen LogP contribution in [0.15, 0.2) is 28.7 Å². The van der Waals surface area contributed by atoms with Gasteiger partial charge in [0.15, 0.2) is 0 Å². The molecule has 5 heteroatoms. The number of methoxy groups -OCH3 is 1. The summed E-state index contributed by atoms with van der Waals surface area (Å²) in [6.07, 6.45) is 2.51. The summed E-state index contributed by atoms with van der Waals surface area (Å²) in [6, 6.07) is 7.44. The fourth-order valence-electron chi connectivity index (χ4n) is 2.86. The number of hydrogen-bond donors (Lipinski definition) is 1. The molecule has 2 heterocycles. The number of piperidine rings is 1. The highest BCUT2D eigenvalue weighted by molar-refractivity contribution is 5.91. The Morgan fingerprint density at radius 2 is 2.14 bits per heavy atom. The molecule has 1 aliphatic heterocycles. The van der Waals surface area contributed by atoms with Gasteiger partial charge in [0.25, 0.3) is 0 Å². The van der Waals surface area contributed by atoms with Gasteiger partial charge in [0.1, 0.15) is 5.58 Å². The van der Waals surface area contributed by atoms with E-state index in [4.69, 9.17) is 14.3 Å². The van der Waals surface area contributed by atoms with E-state index in [1.54, 1.807) is 13.2 Å². The molecule has 0 aliphatic carbocycles. The summed E-state index contributed by atoms with van der Waals surface area (Å²) in [5.74, 6) is -1.04. The summed E-state index contributed by atoms with van der Waals surface area (Å²) in [7, 11) is 1.77. The van der Waals surface area contributed by atoms with Crippen molar-refractivity contribution in [1.29, 1.82) is 0 Å². The normalized spacial score (nSPS) is 17.4. The number of furan rings is 1. The van der Waals surface area contributed by atoms with E-state index in [-0.39, 0.29) is 5.76 Å². The van der Waals surface area contributed by atoms with E-state index in [2.05, 4.69) is 4.90 Å². The third kappa shape index (κ3) is 3.09. The third-order valence-corrected chi connectivity index (χ3v) is 4.07. The maximum Gasteiger partial charge on any atom is 0.371 e. The summed E-state index contributed by atoms with van der Waals surface area (Å²) in [5, 5.41) is 9.79. The Hall–Kier alpha value is -1.85. The highest BCUT2D eigenvalue weighted by Crippen LogP contribution is 2.22. The average molecular weight is 289 g/mol. The highest BCUT2D eigenvalue weighted by atomic mass is 16.5. The van der Waals surface area contributed by atoms with E-state index in [1.165, 1.54) is 5.56 Å². The number of rotatable bonds is 4. The Bertz CT molecular complexity index is 641. The number of nitrogens with zero attached hydrogens (tertiary/aromatic N) is 1. The van der Waals surface area contributed by atoms with Gasteiger partial charge in [-0.3, -0.25) is 4.90 Å². The first-order valence-electron chi connectivity index (χ1n) is 7.16. The van der Waals surface area contributed by atoms with E-state index < -0.39 is 5.97 Å². The van der Waals surface area contributed by atoms with Crippen LogP contribution in [0.3, 0.4) is 0 Å². The van der Waals surface area contributed by atoms with E-state index in [0.717, 1.165) is 37.9 Å². The summed E-state index contributed by atoms with van der Waals surface area (Å²) >= 11 is 0. The lowest BCUT2D eigenvalue weighted by Gasteiger charge is -2.31. The first-order chi connectivity index (χ1) is 10.2. The number of carboxylic acid groups (broad SMARTS) is 1. The van der Waals surface area contributed by atoms with Crippen molar-refractivity contribution in [3.05, 3.63) is 35.6 Å². The quantitative estimate of drug-likeness (QED) is 0.937. The minimum absolute atomic E-state index is 0.0111. The van der Waals surface area contributed by atoms with Crippen molar-refractivity contribution < 1.29 is 19.1 Å². The van der Waals surface area contributed by atoms with Crippen LogP contribution in [0.5, 0.6) is 0 Å². The molecule has 1 aromatic carbocycles. The van der Waals surface area contributed by atoms with Gasteiger partial charge in [0.2, 0.25) is 5.76 Å². The number of hydrogen-bond acceptors (Lipinski definition) is 4. The number of fused-ring (bicyclic) bond motifs is 1. The molecule has 0 unspecified atom stereocenters. The van der Waals surface area contributed by atoms with Crippen LogP contribution in [0.4, 0.5) is 0 Å². The number of aromatic carboxylic acids is 1. The molecule has 1 saturated heterocycles. The second-order valence-corrected chi connectivity index (χ2v) is 5.50. The zero-order valence-corrected chi connectivity index (χ0v) is 12.0. The number of benzene rings is 1. The van der Waals surface area contributed by atoms with Gasteiger partial charge in [-0.25, -0.2) is 4.79 Å². The van der Waals surface area contributed by atoms with Crippen molar-refractivity contribution in [2.24, 2.45) is 0 Å². The second kappa shape index (κ2) is 5.87. The van der Waals surface area contributed by atoms with E-state index in [0.29, 0.717) is 11.7 Å². The van der Waals surface area contributed by atoms with Gasteiger partial charge in [-0.05, 0) is 36.6 Å². The minimum Gasteiger partial charge on any atom is -0.475 e. The molecule has 0 atom stereocenters. The van der Waals surface area contributed by atoms with Crippen LogP contribution in [0.1, 0.15) is 29.0 Å². The molecule has 1 fully saturated rings.